The van der Waals surface area contributed by atoms with Crippen LogP contribution in [0, 0.1) is 11.7 Å². The summed E-state index contributed by atoms with van der Waals surface area (Å²) in [6, 6.07) is 12.4. The van der Waals surface area contributed by atoms with Crippen LogP contribution in [0.5, 0.6) is 0 Å². The van der Waals surface area contributed by atoms with Crippen molar-refractivity contribution < 1.29 is 9.18 Å². The first-order chi connectivity index (χ1) is 13.6. The van der Waals surface area contributed by atoms with Crippen LogP contribution in [0.15, 0.2) is 42.5 Å². The second kappa shape index (κ2) is 10.2. The zero-order chi connectivity index (χ0) is 19.9. The molecule has 1 fully saturated rings. The minimum Gasteiger partial charge on any atom is -0.294 e. The van der Waals surface area contributed by atoms with E-state index in [4.69, 9.17) is 11.6 Å². The van der Waals surface area contributed by atoms with Crippen LogP contribution in [0.25, 0.3) is 0 Å². The molecule has 1 saturated carbocycles. The van der Waals surface area contributed by atoms with Gasteiger partial charge in [-0.25, -0.2) is 4.39 Å². The number of carbonyl (C=O) groups is 1. The van der Waals surface area contributed by atoms with E-state index in [0.717, 1.165) is 5.92 Å². The Labute approximate surface area is 173 Å². The van der Waals surface area contributed by atoms with E-state index in [1.165, 1.54) is 63.0 Å². The highest BCUT2D eigenvalue weighted by Gasteiger charge is 2.22. The molecule has 0 saturated heterocycles. The van der Waals surface area contributed by atoms with Crippen LogP contribution >= 0.6 is 11.6 Å². The number of carbonyl (C=O) groups excluding carboxylic acids is 1. The summed E-state index contributed by atoms with van der Waals surface area (Å²) >= 11 is 5.78. The Balaban J connectivity index is 1.54. The molecular weight excluding hydrogens is 371 g/mol. The normalized spacial score (nSPS) is 19.5. The van der Waals surface area contributed by atoms with Gasteiger partial charge in [0.15, 0.2) is 5.78 Å². The number of hydrogen-bond donors (Lipinski definition) is 0. The number of Topliss-reactive ketones (excluding diaryl/α,β-unsaturated/α-hetero) is 1. The minimum absolute atomic E-state index is 0.0607. The van der Waals surface area contributed by atoms with Crippen molar-refractivity contribution in [3.8, 4) is 0 Å². The van der Waals surface area contributed by atoms with E-state index in [1.54, 1.807) is 12.1 Å². The van der Waals surface area contributed by atoms with E-state index in [9.17, 15) is 9.18 Å². The Hall–Kier alpha value is -1.67. The van der Waals surface area contributed by atoms with E-state index in [-0.39, 0.29) is 12.2 Å². The summed E-state index contributed by atoms with van der Waals surface area (Å²) in [6.07, 6.45) is 10.6. The molecule has 0 aliphatic heterocycles. The Bertz CT molecular complexity index is 776. The lowest BCUT2D eigenvalue weighted by Gasteiger charge is -2.29. The highest BCUT2D eigenvalue weighted by molar-refractivity contribution is 6.30. The number of hydrogen-bond acceptors (Lipinski definition) is 1. The molecule has 0 radical (unpaired) electrons. The van der Waals surface area contributed by atoms with Crippen LogP contribution in [-0.4, -0.2) is 5.78 Å². The third-order valence-electron chi connectivity index (χ3n) is 6.13. The molecule has 1 aliphatic carbocycles. The lowest BCUT2D eigenvalue weighted by Crippen LogP contribution is -2.13. The van der Waals surface area contributed by atoms with Crippen molar-refractivity contribution in [2.45, 2.75) is 70.6 Å². The molecule has 0 heterocycles. The van der Waals surface area contributed by atoms with Gasteiger partial charge in [0, 0.05) is 17.0 Å². The molecule has 1 nitrogen and oxygen atoms in total. The molecule has 150 valence electrons. The zero-order valence-corrected chi connectivity index (χ0v) is 17.5. The number of benzene rings is 2. The molecular formula is C25H30ClFO. The largest absolute Gasteiger partial charge is 0.294 e. The fourth-order valence-corrected chi connectivity index (χ4v) is 4.51. The zero-order valence-electron chi connectivity index (χ0n) is 16.7. The minimum atomic E-state index is -0.423. The first kappa shape index (κ1) is 21.0. The number of halogens is 2. The van der Waals surface area contributed by atoms with Gasteiger partial charge in [0.1, 0.15) is 5.82 Å². The number of unbranched alkanes of at least 4 members (excludes halogenated alkanes) is 2. The molecule has 0 N–H and O–H groups in total. The monoisotopic (exact) mass is 400 g/mol. The van der Waals surface area contributed by atoms with Gasteiger partial charge in [0.25, 0.3) is 0 Å². The van der Waals surface area contributed by atoms with E-state index in [0.29, 0.717) is 22.1 Å². The van der Waals surface area contributed by atoms with Gasteiger partial charge >= 0.3 is 0 Å². The van der Waals surface area contributed by atoms with E-state index >= 15 is 0 Å². The van der Waals surface area contributed by atoms with Crippen molar-refractivity contribution in [2.75, 3.05) is 0 Å². The summed E-state index contributed by atoms with van der Waals surface area (Å²) in [7, 11) is 0. The average molecular weight is 401 g/mol. The van der Waals surface area contributed by atoms with E-state index < -0.39 is 5.82 Å². The highest BCUT2D eigenvalue weighted by atomic mass is 35.5. The Morgan fingerprint density at radius 1 is 1.04 bits per heavy atom. The maximum Gasteiger partial charge on any atom is 0.167 e. The second-order valence-electron chi connectivity index (χ2n) is 8.17. The predicted molar refractivity (Wildman–Crippen MR) is 115 cm³/mol. The predicted octanol–water partition coefficient (Wildman–Crippen LogP) is 7.76. The van der Waals surface area contributed by atoms with Gasteiger partial charge in [0.2, 0.25) is 0 Å². The molecule has 2 aromatic carbocycles. The molecule has 0 bridgehead atoms. The second-order valence-corrected chi connectivity index (χ2v) is 8.61. The number of ketones is 1. The van der Waals surface area contributed by atoms with Crippen molar-refractivity contribution in [1.82, 2.24) is 0 Å². The summed E-state index contributed by atoms with van der Waals surface area (Å²) in [4.78, 5) is 12.5. The van der Waals surface area contributed by atoms with Crippen LogP contribution in [0.3, 0.4) is 0 Å². The standard InChI is InChI=1S/C25H30ClFO/c1-2-3-4-5-18-6-8-19(9-7-18)20-10-12-21(13-11-20)25(28)16-22-14-15-23(26)17-24(22)27/h10-15,17-19H,2-9,16H2,1H3. The van der Waals surface area contributed by atoms with Crippen LogP contribution in [0.4, 0.5) is 4.39 Å². The van der Waals surface area contributed by atoms with Crippen molar-refractivity contribution in [3.63, 3.8) is 0 Å². The van der Waals surface area contributed by atoms with Crippen molar-refractivity contribution in [3.05, 3.63) is 70.0 Å². The fourth-order valence-electron chi connectivity index (χ4n) is 4.35. The molecule has 0 atom stereocenters. The topological polar surface area (TPSA) is 17.1 Å². The smallest absolute Gasteiger partial charge is 0.167 e. The molecule has 2 aromatic rings. The molecule has 1 aliphatic rings. The van der Waals surface area contributed by atoms with Gasteiger partial charge in [-0.2, -0.15) is 0 Å². The lowest BCUT2D eigenvalue weighted by atomic mass is 9.77. The van der Waals surface area contributed by atoms with Crippen molar-refractivity contribution >= 4 is 17.4 Å². The third-order valence-corrected chi connectivity index (χ3v) is 6.37. The molecule has 0 amide bonds. The number of rotatable bonds is 8. The Morgan fingerprint density at radius 3 is 2.39 bits per heavy atom. The van der Waals surface area contributed by atoms with Crippen LogP contribution < -0.4 is 0 Å². The van der Waals surface area contributed by atoms with Crippen molar-refractivity contribution in [2.24, 2.45) is 5.92 Å². The van der Waals surface area contributed by atoms with Crippen LogP contribution in [0.2, 0.25) is 5.02 Å². The van der Waals surface area contributed by atoms with Gasteiger partial charge < -0.3 is 0 Å². The first-order valence-corrected chi connectivity index (χ1v) is 11.0. The molecule has 0 spiro atoms. The maximum atomic E-state index is 13.9. The fraction of sp³-hybridized carbons (Fsp3) is 0.480. The summed E-state index contributed by atoms with van der Waals surface area (Å²) in [5.41, 5.74) is 2.37. The van der Waals surface area contributed by atoms with Crippen molar-refractivity contribution in [1.29, 1.82) is 0 Å². The average Bonchev–Trinajstić information content (AvgIpc) is 2.71. The molecule has 28 heavy (non-hydrogen) atoms. The van der Waals surface area contributed by atoms with Gasteiger partial charge in [-0.1, -0.05) is 74.5 Å². The highest BCUT2D eigenvalue weighted by Crippen LogP contribution is 2.37. The lowest BCUT2D eigenvalue weighted by molar-refractivity contribution is 0.0992. The maximum absolute atomic E-state index is 13.9. The van der Waals surface area contributed by atoms with Crippen LogP contribution in [0.1, 0.15) is 85.7 Å². The Kier molecular flexibility index (Phi) is 7.67. The summed E-state index contributed by atoms with van der Waals surface area (Å²) in [5.74, 6) is 1.03. The van der Waals surface area contributed by atoms with Gasteiger partial charge in [0.05, 0.1) is 0 Å². The SMILES string of the molecule is CCCCCC1CCC(c2ccc(C(=O)Cc3ccc(Cl)cc3F)cc2)CC1. The summed E-state index contributed by atoms with van der Waals surface area (Å²) in [5, 5.41) is 0.345. The summed E-state index contributed by atoms with van der Waals surface area (Å²) < 4.78 is 13.9. The molecule has 3 heteroatoms. The van der Waals surface area contributed by atoms with Gasteiger partial charge in [-0.3, -0.25) is 4.79 Å². The first-order valence-electron chi connectivity index (χ1n) is 10.6. The quantitative estimate of drug-likeness (QED) is 0.327. The summed E-state index contributed by atoms with van der Waals surface area (Å²) in [6.45, 7) is 2.26. The third kappa shape index (κ3) is 5.67. The van der Waals surface area contributed by atoms with E-state index in [1.807, 2.05) is 12.1 Å². The van der Waals surface area contributed by atoms with E-state index in [2.05, 4.69) is 19.1 Å². The Morgan fingerprint density at radius 2 is 1.75 bits per heavy atom. The molecule has 0 unspecified atom stereocenters. The van der Waals surface area contributed by atoms with Gasteiger partial charge in [-0.05, 0) is 60.8 Å². The van der Waals surface area contributed by atoms with Crippen LogP contribution in [-0.2, 0) is 6.42 Å². The molecule has 0 aromatic heterocycles. The van der Waals surface area contributed by atoms with Gasteiger partial charge in [-0.15, -0.1) is 0 Å². The molecule has 3 rings (SSSR count).